The average Bonchev–Trinajstić information content (AvgIpc) is 3.66. The fourth-order valence-corrected chi connectivity index (χ4v) is 7.33. The highest BCUT2D eigenvalue weighted by atomic mass is 16.3. The number of nitrogens with zero attached hydrogens (tertiary/aromatic N) is 4. The van der Waals surface area contributed by atoms with E-state index in [0.29, 0.717) is 17.5 Å². The van der Waals surface area contributed by atoms with Crippen LogP contribution in [0.1, 0.15) is 0 Å². The van der Waals surface area contributed by atoms with E-state index in [1.54, 1.807) is 0 Å². The minimum atomic E-state index is 0.620. The first-order chi connectivity index (χ1) is 26.8. The van der Waals surface area contributed by atoms with Crippen molar-refractivity contribution >= 4 is 49.8 Å². The lowest BCUT2D eigenvalue weighted by molar-refractivity contribution is 0.674. The maximum Gasteiger partial charge on any atom is 0.164 e. The largest absolute Gasteiger partial charge is 0.455 e. The molecule has 0 fully saturated rings. The quantitative estimate of drug-likeness (QED) is 0.166. The van der Waals surface area contributed by atoms with Gasteiger partial charge in [0.05, 0.1) is 11.1 Å². The summed E-state index contributed by atoms with van der Waals surface area (Å²) in [6, 6.07) is 66.8. The van der Waals surface area contributed by atoms with Crippen molar-refractivity contribution in [3.05, 3.63) is 194 Å². The molecule has 5 heteroatoms. The van der Waals surface area contributed by atoms with Crippen molar-refractivity contribution in [2.24, 2.45) is 0 Å². The molecule has 0 N–H and O–H groups in total. The highest BCUT2D eigenvalue weighted by molar-refractivity contribution is 6.23. The number of furan rings is 1. The van der Waals surface area contributed by atoms with Crippen LogP contribution in [0.15, 0.2) is 199 Å². The summed E-state index contributed by atoms with van der Waals surface area (Å²) in [5.74, 6) is 1.89. The summed E-state index contributed by atoms with van der Waals surface area (Å²) in [6.45, 7) is 0. The molecular formula is C49H32N4O. The van der Waals surface area contributed by atoms with Gasteiger partial charge in [-0.3, -0.25) is 0 Å². The number of hydrogen-bond donors (Lipinski definition) is 0. The Morgan fingerprint density at radius 1 is 0.370 bits per heavy atom. The molecule has 0 amide bonds. The van der Waals surface area contributed by atoms with E-state index in [-0.39, 0.29) is 0 Å². The molecule has 0 bridgehead atoms. The molecule has 2 aromatic heterocycles. The highest BCUT2D eigenvalue weighted by Crippen LogP contribution is 2.47. The number of hydrogen-bond acceptors (Lipinski definition) is 5. The molecule has 0 atom stereocenters. The van der Waals surface area contributed by atoms with Crippen molar-refractivity contribution in [3.8, 4) is 45.3 Å². The lowest BCUT2D eigenvalue weighted by atomic mass is 9.98. The molecule has 0 spiro atoms. The zero-order valence-corrected chi connectivity index (χ0v) is 29.2. The fourth-order valence-electron chi connectivity index (χ4n) is 7.33. The number of anilines is 3. The molecule has 10 aromatic rings. The second kappa shape index (κ2) is 13.3. The van der Waals surface area contributed by atoms with Crippen molar-refractivity contribution in [2.45, 2.75) is 0 Å². The minimum absolute atomic E-state index is 0.620. The lowest BCUT2D eigenvalue weighted by Crippen LogP contribution is -2.10. The van der Waals surface area contributed by atoms with E-state index < -0.39 is 0 Å². The predicted molar refractivity (Wildman–Crippen MR) is 221 cm³/mol. The van der Waals surface area contributed by atoms with Gasteiger partial charge in [0.2, 0.25) is 0 Å². The molecule has 0 saturated carbocycles. The van der Waals surface area contributed by atoms with Gasteiger partial charge in [-0.15, -0.1) is 0 Å². The Kier molecular flexibility index (Phi) is 7.73. The van der Waals surface area contributed by atoms with Crippen molar-refractivity contribution in [3.63, 3.8) is 0 Å². The Morgan fingerprint density at radius 2 is 0.833 bits per heavy atom. The van der Waals surface area contributed by atoms with Gasteiger partial charge in [-0.1, -0.05) is 164 Å². The molecule has 8 aromatic carbocycles. The molecule has 254 valence electrons. The number of rotatable bonds is 7. The normalized spacial score (nSPS) is 11.3. The molecule has 0 radical (unpaired) electrons. The number of benzene rings is 8. The van der Waals surface area contributed by atoms with Gasteiger partial charge in [0, 0.05) is 44.4 Å². The van der Waals surface area contributed by atoms with Gasteiger partial charge in [-0.05, 0) is 41.3 Å². The molecule has 0 unspecified atom stereocenters. The predicted octanol–water partition coefficient (Wildman–Crippen LogP) is 13.1. The Labute approximate surface area is 312 Å². The van der Waals surface area contributed by atoms with Gasteiger partial charge in [-0.2, -0.15) is 0 Å². The van der Waals surface area contributed by atoms with Crippen LogP contribution >= 0.6 is 0 Å². The molecular weight excluding hydrogens is 661 g/mol. The first kappa shape index (κ1) is 31.4. The summed E-state index contributed by atoms with van der Waals surface area (Å²) >= 11 is 0. The zero-order chi connectivity index (χ0) is 35.8. The Morgan fingerprint density at radius 3 is 1.41 bits per heavy atom. The summed E-state index contributed by atoms with van der Waals surface area (Å²) < 4.78 is 7.00. The molecule has 0 aliphatic heterocycles. The average molecular weight is 693 g/mol. The van der Waals surface area contributed by atoms with Gasteiger partial charge < -0.3 is 9.32 Å². The third-order valence-electron chi connectivity index (χ3n) is 9.89. The van der Waals surface area contributed by atoms with Gasteiger partial charge in [0.15, 0.2) is 17.5 Å². The maximum atomic E-state index is 7.00. The smallest absolute Gasteiger partial charge is 0.164 e. The summed E-state index contributed by atoms with van der Waals surface area (Å²) in [4.78, 5) is 17.1. The van der Waals surface area contributed by atoms with E-state index in [4.69, 9.17) is 19.4 Å². The van der Waals surface area contributed by atoms with Crippen molar-refractivity contribution in [2.75, 3.05) is 4.90 Å². The van der Waals surface area contributed by atoms with Crippen molar-refractivity contribution < 1.29 is 4.42 Å². The second-order valence-electron chi connectivity index (χ2n) is 13.2. The first-order valence-corrected chi connectivity index (χ1v) is 18.0. The van der Waals surface area contributed by atoms with Crippen LogP contribution in [-0.2, 0) is 0 Å². The molecule has 2 heterocycles. The molecule has 0 aliphatic rings. The van der Waals surface area contributed by atoms with Crippen LogP contribution in [-0.4, -0.2) is 15.0 Å². The molecule has 10 rings (SSSR count). The van der Waals surface area contributed by atoms with Crippen LogP contribution in [0.5, 0.6) is 0 Å². The Bertz CT molecular complexity index is 2810. The van der Waals surface area contributed by atoms with E-state index in [0.717, 1.165) is 77.6 Å². The maximum absolute atomic E-state index is 7.00. The van der Waals surface area contributed by atoms with Crippen molar-refractivity contribution in [1.29, 1.82) is 0 Å². The van der Waals surface area contributed by atoms with Crippen LogP contribution < -0.4 is 4.90 Å². The Balaban J connectivity index is 1.13. The van der Waals surface area contributed by atoms with E-state index in [2.05, 4.69) is 138 Å². The summed E-state index contributed by atoms with van der Waals surface area (Å²) in [5, 5.41) is 4.32. The third kappa shape index (κ3) is 5.56. The van der Waals surface area contributed by atoms with Gasteiger partial charge in [-0.25, -0.2) is 15.0 Å². The van der Waals surface area contributed by atoms with Gasteiger partial charge in [0.25, 0.3) is 0 Å². The minimum Gasteiger partial charge on any atom is -0.455 e. The SMILES string of the molecule is c1ccc(-c2nc(-c3ccccc3)nc(-c3ccc(-c4cccc5c4oc4c6ccccc6cc(N(c6ccccc6)c6ccccc6)c54)cc3)n2)cc1. The zero-order valence-electron chi connectivity index (χ0n) is 29.2. The summed E-state index contributed by atoms with van der Waals surface area (Å²) in [5.41, 5.74) is 9.76. The van der Waals surface area contributed by atoms with Crippen molar-refractivity contribution in [1.82, 2.24) is 15.0 Å². The van der Waals surface area contributed by atoms with Crippen LogP contribution in [0.2, 0.25) is 0 Å². The van der Waals surface area contributed by atoms with Crippen LogP contribution in [0.3, 0.4) is 0 Å². The monoisotopic (exact) mass is 692 g/mol. The Hall–Kier alpha value is -7.37. The van der Waals surface area contributed by atoms with Gasteiger partial charge >= 0.3 is 0 Å². The molecule has 54 heavy (non-hydrogen) atoms. The number of aromatic nitrogens is 3. The summed E-state index contributed by atoms with van der Waals surface area (Å²) in [7, 11) is 0. The summed E-state index contributed by atoms with van der Waals surface area (Å²) in [6.07, 6.45) is 0. The molecule has 5 nitrogen and oxygen atoms in total. The highest BCUT2D eigenvalue weighted by Gasteiger charge is 2.23. The molecule has 0 aliphatic carbocycles. The third-order valence-corrected chi connectivity index (χ3v) is 9.89. The van der Waals surface area contributed by atoms with E-state index in [1.807, 2.05) is 60.7 Å². The van der Waals surface area contributed by atoms with Crippen LogP contribution in [0.4, 0.5) is 17.1 Å². The fraction of sp³-hybridized carbons (Fsp3) is 0. The van der Waals surface area contributed by atoms with Crippen LogP contribution in [0, 0.1) is 0 Å². The van der Waals surface area contributed by atoms with E-state index in [1.165, 1.54) is 0 Å². The van der Waals surface area contributed by atoms with E-state index in [9.17, 15) is 0 Å². The molecule has 0 saturated heterocycles. The number of fused-ring (bicyclic) bond motifs is 5. The lowest BCUT2D eigenvalue weighted by Gasteiger charge is -2.26. The number of para-hydroxylation sites is 3. The second-order valence-corrected chi connectivity index (χ2v) is 13.2. The first-order valence-electron chi connectivity index (χ1n) is 18.0. The van der Waals surface area contributed by atoms with Crippen LogP contribution in [0.25, 0.3) is 78.0 Å². The van der Waals surface area contributed by atoms with Gasteiger partial charge in [0.1, 0.15) is 11.2 Å². The topological polar surface area (TPSA) is 55.1 Å². The standard InChI is InChI=1S/C49H32N4O/c1-5-16-34(17-6-1)47-50-48(35-18-7-2-8-19-35)52-49(51-47)36-30-28-33(29-31-36)40-26-15-27-42-44-43(32-37-20-13-14-25-41(37)46(44)54-45(40)42)53(38-21-9-3-10-22-38)39-23-11-4-12-24-39/h1-32H. The van der Waals surface area contributed by atoms with E-state index >= 15 is 0 Å².